The number of ether oxygens (including phenoxy) is 1. The highest BCUT2D eigenvalue weighted by molar-refractivity contribution is 6.01. The number of hydrogen-bond donors (Lipinski definition) is 1. The Bertz CT molecular complexity index is 714. The van der Waals surface area contributed by atoms with Crippen molar-refractivity contribution >= 4 is 16.7 Å². The Morgan fingerprint density at radius 1 is 1.25 bits per heavy atom. The van der Waals surface area contributed by atoms with Crippen LogP contribution in [0.3, 0.4) is 0 Å². The molecule has 0 aliphatic carbocycles. The number of hydrogen-bond acceptors (Lipinski definition) is 3. The zero-order valence-corrected chi connectivity index (χ0v) is 14.5. The molecular formula is C20H26N2O2. The van der Waals surface area contributed by atoms with Crippen LogP contribution in [-0.2, 0) is 0 Å². The van der Waals surface area contributed by atoms with Gasteiger partial charge in [-0.25, -0.2) is 0 Å². The van der Waals surface area contributed by atoms with E-state index >= 15 is 0 Å². The van der Waals surface area contributed by atoms with Gasteiger partial charge in [0.2, 0.25) is 0 Å². The van der Waals surface area contributed by atoms with Crippen LogP contribution in [0, 0.1) is 0 Å². The minimum absolute atomic E-state index is 0.0489. The quantitative estimate of drug-likeness (QED) is 0.884. The van der Waals surface area contributed by atoms with Crippen LogP contribution >= 0.6 is 0 Å². The van der Waals surface area contributed by atoms with Crippen molar-refractivity contribution in [3.05, 3.63) is 42.0 Å². The number of likely N-dealkylation sites (tertiary alicyclic amines) is 1. The van der Waals surface area contributed by atoms with Crippen molar-refractivity contribution < 1.29 is 9.53 Å². The summed E-state index contributed by atoms with van der Waals surface area (Å²) >= 11 is 0. The number of amides is 1. The summed E-state index contributed by atoms with van der Waals surface area (Å²) in [6, 6.07) is 12.4. The second-order valence-corrected chi connectivity index (χ2v) is 6.26. The van der Waals surface area contributed by atoms with E-state index in [4.69, 9.17) is 4.74 Å². The standard InChI is InChI=1S/C20H26N2O2/c1-3-22-11-7-10-17(22)14-21-20(23)18-12-15-8-5-6-9-16(15)13-19(18)24-4-2/h5-6,8-9,12-13,17H,3-4,7,10-11,14H2,1-2H3,(H,21,23). The zero-order chi connectivity index (χ0) is 16.9. The van der Waals surface area contributed by atoms with Gasteiger partial charge in [0.25, 0.3) is 5.91 Å². The fourth-order valence-electron chi connectivity index (χ4n) is 3.52. The van der Waals surface area contributed by atoms with Gasteiger partial charge in [-0.15, -0.1) is 0 Å². The molecule has 1 saturated heterocycles. The van der Waals surface area contributed by atoms with Crippen LogP contribution < -0.4 is 10.1 Å². The number of nitrogens with zero attached hydrogens (tertiary/aromatic N) is 1. The van der Waals surface area contributed by atoms with Crippen molar-refractivity contribution in [2.24, 2.45) is 0 Å². The lowest BCUT2D eigenvalue weighted by Crippen LogP contribution is -2.40. The van der Waals surface area contributed by atoms with Gasteiger partial charge in [0.1, 0.15) is 5.75 Å². The molecule has 2 aromatic carbocycles. The van der Waals surface area contributed by atoms with Gasteiger partial charge in [0.05, 0.1) is 12.2 Å². The molecule has 1 atom stereocenters. The van der Waals surface area contributed by atoms with E-state index in [0.717, 1.165) is 30.3 Å². The van der Waals surface area contributed by atoms with E-state index in [1.165, 1.54) is 6.42 Å². The van der Waals surface area contributed by atoms with Crippen LogP contribution in [-0.4, -0.2) is 43.1 Å². The third-order valence-corrected chi connectivity index (χ3v) is 4.80. The molecule has 1 N–H and O–H groups in total. The number of nitrogens with one attached hydrogen (secondary N) is 1. The third kappa shape index (κ3) is 3.54. The van der Waals surface area contributed by atoms with E-state index < -0.39 is 0 Å². The molecular weight excluding hydrogens is 300 g/mol. The van der Waals surface area contributed by atoms with Crippen molar-refractivity contribution in [1.82, 2.24) is 10.2 Å². The first kappa shape index (κ1) is 16.8. The highest BCUT2D eigenvalue weighted by atomic mass is 16.5. The summed E-state index contributed by atoms with van der Waals surface area (Å²) < 4.78 is 5.71. The summed E-state index contributed by atoms with van der Waals surface area (Å²) in [7, 11) is 0. The molecule has 1 amide bonds. The molecule has 1 fully saturated rings. The van der Waals surface area contributed by atoms with Crippen LogP contribution in [0.15, 0.2) is 36.4 Å². The molecule has 4 nitrogen and oxygen atoms in total. The maximum Gasteiger partial charge on any atom is 0.255 e. The number of likely N-dealkylation sites (N-methyl/N-ethyl adjacent to an activating group) is 1. The van der Waals surface area contributed by atoms with E-state index in [1.807, 2.05) is 43.3 Å². The Kier molecular flexibility index (Phi) is 5.36. The number of carbonyl (C=O) groups excluding carboxylic acids is 1. The molecule has 2 aromatic rings. The van der Waals surface area contributed by atoms with E-state index in [0.29, 0.717) is 30.5 Å². The van der Waals surface area contributed by atoms with E-state index in [9.17, 15) is 4.79 Å². The molecule has 24 heavy (non-hydrogen) atoms. The Morgan fingerprint density at radius 2 is 2.00 bits per heavy atom. The minimum Gasteiger partial charge on any atom is -0.493 e. The number of fused-ring (bicyclic) bond motifs is 1. The predicted molar refractivity (Wildman–Crippen MR) is 97.7 cm³/mol. The lowest BCUT2D eigenvalue weighted by atomic mass is 10.1. The first-order chi connectivity index (χ1) is 11.7. The van der Waals surface area contributed by atoms with Gasteiger partial charge < -0.3 is 10.1 Å². The Balaban J connectivity index is 1.78. The second-order valence-electron chi connectivity index (χ2n) is 6.26. The molecule has 1 aliphatic heterocycles. The first-order valence-corrected chi connectivity index (χ1v) is 8.90. The van der Waals surface area contributed by atoms with Gasteiger partial charge in [0.15, 0.2) is 0 Å². The first-order valence-electron chi connectivity index (χ1n) is 8.90. The SMILES string of the molecule is CCOc1cc2ccccc2cc1C(=O)NCC1CCCN1CC. The summed E-state index contributed by atoms with van der Waals surface area (Å²) in [5.41, 5.74) is 0.622. The lowest BCUT2D eigenvalue weighted by Gasteiger charge is -2.23. The van der Waals surface area contributed by atoms with E-state index in [1.54, 1.807) is 0 Å². The highest BCUT2D eigenvalue weighted by Crippen LogP contribution is 2.26. The second kappa shape index (κ2) is 7.67. The molecule has 3 rings (SSSR count). The van der Waals surface area contributed by atoms with Gasteiger partial charge >= 0.3 is 0 Å². The number of rotatable bonds is 6. The minimum atomic E-state index is -0.0489. The van der Waals surface area contributed by atoms with Crippen molar-refractivity contribution in [1.29, 1.82) is 0 Å². The average molecular weight is 326 g/mol. The summed E-state index contributed by atoms with van der Waals surface area (Å²) in [6.07, 6.45) is 2.37. The molecule has 0 aromatic heterocycles. The molecule has 1 unspecified atom stereocenters. The van der Waals surface area contributed by atoms with Gasteiger partial charge in [-0.3, -0.25) is 9.69 Å². The van der Waals surface area contributed by atoms with Crippen molar-refractivity contribution in [2.75, 3.05) is 26.2 Å². The molecule has 0 spiro atoms. The number of carbonyl (C=O) groups is 1. The van der Waals surface area contributed by atoms with Crippen LogP contribution in [0.1, 0.15) is 37.0 Å². The molecule has 1 aliphatic rings. The maximum atomic E-state index is 12.7. The van der Waals surface area contributed by atoms with Gasteiger partial charge in [-0.1, -0.05) is 31.2 Å². The summed E-state index contributed by atoms with van der Waals surface area (Å²) in [4.78, 5) is 15.2. The van der Waals surface area contributed by atoms with E-state index in [2.05, 4.69) is 17.1 Å². The molecule has 0 saturated carbocycles. The summed E-state index contributed by atoms with van der Waals surface area (Å²) in [5, 5.41) is 5.25. The number of benzene rings is 2. The van der Waals surface area contributed by atoms with Gasteiger partial charge in [-0.2, -0.15) is 0 Å². The molecule has 0 radical (unpaired) electrons. The lowest BCUT2D eigenvalue weighted by molar-refractivity contribution is 0.0938. The van der Waals surface area contributed by atoms with E-state index in [-0.39, 0.29) is 5.91 Å². The van der Waals surface area contributed by atoms with Gasteiger partial charge in [-0.05, 0) is 55.8 Å². The fourth-order valence-corrected chi connectivity index (χ4v) is 3.52. The largest absolute Gasteiger partial charge is 0.493 e. The molecule has 0 bridgehead atoms. The third-order valence-electron chi connectivity index (χ3n) is 4.80. The van der Waals surface area contributed by atoms with Crippen molar-refractivity contribution in [2.45, 2.75) is 32.7 Å². The van der Waals surface area contributed by atoms with Crippen molar-refractivity contribution in [3.63, 3.8) is 0 Å². The summed E-state index contributed by atoms with van der Waals surface area (Å²) in [5.74, 6) is 0.611. The average Bonchev–Trinajstić information content (AvgIpc) is 3.07. The van der Waals surface area contributed by atoms with Gasteiger partial charge in [0, 0.05) is 12.6 Å². The monoisotopic (exact) mass is 326 g/mol. The molecule has 1 heterocycles. The molecule has 4 heteroatoms. The zero-order valence-electron chi connectivity index (χ0n) is 14.5. The molecule has 128 valence electrons. The predicted octanol–water partition coefficient (Wildman–Crippen LogP) is 3.45. The normalized spacial score (nSPS) is 18.0. The topological polar surface area (TPSA) is 41.6 Å². The highest BCUT2D eigenvalue weighted by Gasteiger charge is 2.24. The Labute approximate surface area is 143 Å². The van der Waals surface area contributed by atoms with Crippen LogP contribution in [0.25, 0.3) is 10.8 Å². The van der Waals surface area contributed by atoms with Crippen molar-refractivity contribution in [3.8, 4) is 5.75 Å². The Hall–Kier alpha value is -2.07. The fraction of sp³-hybridized carbons (Fsp3) is 0.450. The maximum absolute atomic E-state index is 12.7. The van der Waals surface area contributed by atoms with Crippen LogP contribution in [0.5, 0.6) is 5.75 Å². The van der Waals surface area contributed by atoms with Crippen LogP contribution in [0.4, 0.5) is 0 Å². The Morgan fingerprint density at radius 3 is 2.71 bits per heavy atom. The van der Waals surface area contributed by atoms with Crippen LogP contribution in [0.2, 0.25) is 0 Å². The summed E-state index contributed by atoms with van der Waals surface area (Å²) in [6.45, 7) is 7.54. The smallest absolute Gasteiger partial charge is 0.255 e.